The first-order chi connectivity index (χ1) is 5.13. The van der Waals surface area contributed by atoms with Crippen molar-refractivity contribution < 1.29 is 0 Å². The Hall–Kier alpha value is -0.0700. The van der Waals surface area contributed by atoms with E-state index in [1.165, 1.54) is 11.0 Å². The van der Waals surface area contributed by atoms with E-state index in [1.807, 2.05) is 26.2 Å². The Balaban J connectivity index is 3.17. The Morgan fingerprint density at radius 1 is 1.36 bits per heavy atom. The second-order valence-electron chi connectivity index (χ2n) is 2.57. The van der Waals surface area contributed by atoms with Gasteiger partial charge in [-0.15, -0.1) is 9.24 Å². The molecule has 0 saturated heterocycles. The fraction of sp³-hybridized carbons (Fsp3) is 0.250. The molecule has 0 bridgehead atoms. The minimum atomic E-state index is 1.13. The van der Waals surface area contributed by atoms with E-state index in [1.54, 1.807) is 0 Å². The average Bonchev–Trinajstić information content (AvgIpc) is 1.94. The topological polar surface area (TPSA) is 3.24 Å². The third kappa shape index (κ3) is 1.94. The molecule has 0 spiro atoms. The maximum absolute atomic E-state index is 3.47. The number of benzene rings is 1. The van der Waals surface area contributed by atoms with Gasteiger partial charge in [-0.05, 0) is 12.1 Å². The lowest BCUT2D eigenvalue weighted by atomic mass is 10.3. The van der Waals surface area contributed by atoms with E-state index in [0.29, 0.717) is 0 Å². The zero-order valence-electron chi connectivity index (χ0n) is 6.63. The summed E-state index contributed by atoms with van der Waals surface area (Å²) in [6, 6.07) is 6.16. The van der Waals surface area contributed by atoms with Gasteiger partial charge in [0.1, 0.15) is 0 Å². The summed E-state index contributed by atoms with van der Waals surface area (Å²) in [6.45, 7) is 0. The van der Waals surface area contributed by atoms with Crippen molar-refractivity contribution in [3.8, 4) is 0 Å². The van der Waals surface area contributed by atoms with Crippen LogP contribution in [-0.2, 0) is 0 Å². The van der Waals surface area contributed by atoms with Gasteiger partial charge in [0.25, 0.3) is 0 Å². The lowest BCUT2D eigenvalue weighted by Gasteiger charge is -2.15. The summed E-state index contributed by atoms with van der Waals surface area (Å²) in [4.78, 5) is 2.09. The van der Waals surface area contributed by atoms with Crippen LogP contribution in [-0.4, -0.2) is 14.1 Å². The summed E-state index contributed by atoms with van der Waals surface area (Å²) in [7, 11) is 6.80. The Bertz CT molecular complexity index is 260. The molecule has 0 heterocycles. The minimum absolute atomic E-state index is 1.13. The molecule has 11 heavy (non-hydrogen) atoms. The highest BCUT2D eigenvalue weighted by Crippen LogP contribution is 2.18. The third-order valence-corrected chi connectivity index (χ3v) is 3.23. The summed E-state index contributed by atoms with van der Waals surface area (Å²) in [6.07, 6.45) is 0. The number of hydrogen-bond donors (Lipinski definition) is 0. The lowest BCUT2D eigenvalue weighted by molar-refractivity contribution is 1.14. The van der Waals surface area contributed by atoms with Crippen LogP contribution < -0.4 is 10.2 Å². The second-order valence-corrected chi connectivity index (χ2v) is 4.00. The highest BCUT2D eigenvalue weighted by atomic mass is 79.9. The third-order valence-electron chi connectivity index (χ3n) is 1.51. The molecule has 0 aliphatic carbocycles. The molecule has 1 nitrogen and oxygen atoms in total. The van der Waals surface area contributed by atoms with Gasteiger partial charge < -0.3 is 4.90 Å². The van der Waals surface area contributed by atoms with Crippen LogP contribution in [0.1, 0.15) is 0 Å². The van der Waals surface area contributed by atoms with Crippen LogP contribution >= 0.6 is 25.2 Å². The molecule has 0 radical (unpaired) electrons. The Labute approximate surface area is 78.1 Å². The van der Waals surface area contributed by atoms with Crippen molar-refractivity contribution in [1.29, 1.82) is 0 Å². The molecule has 1 rings (SSSR count). The molecule has 0 fully saturated rings. The van der Waals surface area contributed by atoms with Gasteiger partial charge in [0.05, 0.1) is 0 Å². The van der Waals surface area contributed by atoms with Crippen LogP contribution in [0.4, 0.5) is 5.69 Å². The van der Waals surface area contributed by atoms with Gasteiger partial charge in [0, 0.05) is 29.6 Å². The molecule has 60 valence electrons. The Morgan fingerprint density at radius 3 is 2.45 bits per heavy atom. The van der Waals surface area contributed by atoms with Gasteiger partial charge in [-0.25, -0.2) is 0 Å². The molecule has 1 atom stereocenters. The summed E-state index contributed by atoms with van der Waals surface area (Å²) >= 11 is 3.47. The smallest absolute Gasteiger partial charge is 0.0445 e. The van der Waals surface area contributed by atoms with Crippen LogP contribution in [0.25, 0.3) is 0 Å². The van der Waals surface area contributed by atoms with Gasteiger partial charge in [0.15, 0.2) is 0 Å². The highest BCUT2D eigenvalue weighted by molar-refractivity contribution is 9.10. The summed E-state index contributed by atoms with van der Waals surface area (Å²) < 4.78 is 1.13. The lowest BCUT2D eigenvalue weighted by Crippen LogP contribution is -2.15. The average molecular weight is 232 g/mol. The fourth-order valence-electron chi connectivity index (χ4n) is 0.916. The van der Waals surface area contributed by atoms with Gasteiger partial charge >= 0.3 is 0 Å². The second kappa shape index (κ2) is 3.55. The number of halogens is 1. The molecule has 0 aliphatic rings. The maximum Gasteiger partial charge on any atom is 0.0445 e. The van der Waals surface area contributed by atoms with Gasteiger partial charge in [-0.1, -0.05) is 22.0 Å². The molecule has 0 saturated carbocycles. The van der Waals surface area contributed by atoms with Crippen LogP contribution in [0.2, 0.25) is 0 Å². The Morgan fingerprint density at radius 2 is 2.00 bits per heavy atom. The standard InChI is InChI=1S/C8H11BrNP/c1-10(2)7-5-3-4-6(9)8(7)11/h3-5H,11H2,1-2H3. The van der Waals surface area contributed by atoms with Crippen molar-refractivity contribution in [2.24, 2.45) is 0 Å². The molecular formula is C8H11BrNP. The van der Waals surface area contributed by atoms with Crippen LogP contribution in [0.3, 0.4) is 0 Å². The molecule has 0 amide bonds. The van der Waals surface area contributed by atoms with Crippen LogP contribution in [0, 0.1) is 0 Å². The van der Waals surface area contributed by atoms with Crippen LogP contribution in [0.5, 0.6) is 0 Å². The first kappa shape index (κ1) is 9.02. The first-order valence-corrected chi connectivity index (χ1v) is 4.71. The number of anilines is 1. The molecule has 1 aromatic carbocycles. The summed E-state index contributed by atoms with van der Waals surface area (Å²) in [5.41, 5.74) is 1.23. The Kier molecular flexibility index (Phi) is 2.91. The van der Waals surface area contributed by atoms with Gasteiger partial charge in [-0.3, -0.25) is 0 Å². The largest absolute Gasteiger partial charge is 0.377 e. The van der Waals surface area contributed by atoms with Crippen molar-refractivity contribution in [3.05, 3.63) is 22.7 Å². The van der Waals surface area contributed by atoms with Crippen LogP contribution in [0.15, 0.2) is 22.7 Å². The predicted molar refractivity (Wildman–Crippen MR) is 57.8 cm³/mol. The summed E-state index contributed by atoms with van der Waals surface area (Å²) in [5.74, 6) is 0. The van der Waals surface area contributed by atoms with Crippen molar-refractivity contribution in [1.82, 2.24) is 0 Å². The van der Waals surface area contributed by atoms with E-state index < -0.39 is 0 Å². The number of rotatable bonds is 1. The predicted octanol–water partition coefficient (Wildman–Crippen LogP) is 2.02. The zero-order chi connectivity index (χ0) is 8.43. The quantitative estimate of drug-likeness (QED) is 0.669. The van der Waals surface area contributed by atoms with E-state index in [9.17, 15) is 0 Å². The molecular weight excluding hydrogens is 221 g/mol. The SMILES string of the molecule is CN(C)c1cccc(Br)c1P. The van der Waals surface area contributed by atoms with Crippen molar-refractivity contribution >= 4 is 36.2 Å². The van der Waals surface area contributed by atoms with Crippen molar-refractivity contribution in [2.45, 2.75) is 0 Å². The number of hydrogen-bond acceptors (Lipinski definition) is 1. The normalized spacial score (nSPS) is 9.82. The van der Waals surface area contributed by atoms with E-state index in [-0.39, 0.29) is 0 Å². The summed E-state index contributed by atoms with van der Waals surface area (Å²) in [5, 5.41) is 1.21. The zero-order valence-corrected chi connectivity index (χ0v) is 9.38. The van der Waals surface area contributed by atoms with Crippen molar-refractivity contribution in [3.63, 3.8) is 0 Å². The molecule has 0 aromatic heterocycles. The molecule has 0 N–H and O–H groups in total. The first-order valence-electron chi connectivity index (χ1n) is 3.34. The molecule has 3 heteroatoms. The van der Waals surface area contributed by atoms with E-state index in [2.05, 4.69) is 36.1 Å². The fourth-order valence-corrected chi connectivity index (χ4v) is 1.72. The highest BCUT2D eigenvalue weighted by Gasteiger charge is 2.01. The minimum Gasteiger partial charge on any atom is -0.377 e. The number of nitrogens with zero attached hydrogens (tertiary/aromatic N) is 1. The monoisotopic (exact) mass is 231 g/mol. The maximum atomic E-state index is 3.47. The molecule has 1 aromatic rings. The van der Waals surface area contributed by atoms with E-state index in [4.69, 9.17) is 0 Å². The van der Waals surface area contributed by atoms with Crippen molar-refractivity contribution in [2.75, 3.05) is 19.0 Å². The molecule has 0 aliphatic heterocycles. The van der Waals surface area contributed by atoms with E-state index in [0.717, 1.165) is 4.47 Å². The molecule has 1 unspecified atom stereocenters. The van der Waals surface area contributed by atoms with Gasteiger partial charge in [0.2, 0.25) is 0 Å². The van der Waals surface area contributed by atoms with E-state index >= 15 is 0 Å². The van der Waals surface area contributed by atoms with Gasteiger partial charge in [-0.2, -0.15) is 0 Å².